The Hall–Kier alpha value is -3.28. The second-order valence-corrected chi connectivity index (χ2v) is 9.81. The number of nitrogens with one attached hydrogen (secondary N) is 2. The minimum absolute atomic E-state index is 0.176. The van der Waals surface area contributed by atoms with Crippen molar-refractivity contribution in [3.05, 3.63) is 69.8 Å². The lowest BCUT2D eigenvalue weighted by atomic mass is 9.82. The first-order valence-electron chi connectivity index (χ1n) is 10.6. The number of carbonyl (C=O) groups excluding carboxylic acids is 1. The maximum absolute atomic E-state index is 12.3. The highest BCUT2D eigenvalue weighted by Gasteiger charge is 2.42. The Kier molecular flexibility index (Phi) is 5.04. The van der Waals surface area contributed by atoms with Gasteiger partial charge in [-0.25, -0.2) is 5.10 Å². The summed E-state index contributed by atoms with van der Waals surface area (Å²) >= 11 is 0. The summed E-state index contributed by atoms with van der Waals surface area (Å²) in [6, 6.07) is 12.3. The number of tetrazole rings is 1. The fourth-order valence-electron chi connectivity index (χ4n) is 5.00. The van der Waals surface area contributed by atoms with E-state index in [1.165, 1.54) is 27.8 Å². The fourth-order valence-corrected chi connectivity index (χ4v) is 5.00. The van der Waals surface area contributed by atoms with Crippen molar-refractivity contribution in [2.45, 2.75) is 58.8 Å². The number of allylic oxidation sites excluding steroid dienone is 1. The van der Waals surface area contributed by atoms with E-state index >= 15 is 0 Å². The molecule has 0 radical (unpaired) electrons. The molecule has 0 bridgehead atoms. The quantitative estimate of drug-likeness (QED) is 0.568. The highest BCUT2D eigenvalue weighted by Crippen LogP contribution is 2.50. The molecule has 1 aliphatic rings. The van der Waals surface area contributed by atoms with Crippen LogP contribution in [0.4, 0.5) is 5.95 Å². The molecule has 1 heterocycles. The van der Waals surface area contributed by atoms with Gasteiger partial charge in [0.25, 0.3) is 5.91 Å². The third kappa shape index (κ3) is 4.02. The number of H-pyrrole nitrogens is 1. The van der Waals surface area contributed by atoms with Gasteiger partial charge in [0, 0.05) is 5.56 Å². The number of nitrogens with zero attached hydrogens (tertiary/aromatic N) is 3. The molecular weight excluding hydrogens is 386 g/mol. The van der Waals surface area contributed by atoms with Crippen molar-refractivity contribution in [2.24, 2.45) is 0 Å². The molecule has 4 rings (SSSR count). The van der Waals surface area contributed by atoms with E-state index in [0.717, 1.165) is 12.0 Å². The molecule has 2 aromatic carbocycles. The molecule has 0 spiro atoms. The smallest absolute Gasteiger partial charge is 0.258 e. The van der Waals surface area contributed by atoms with E-state index < -0.39 is 0 Å². The molecule has 0 fully saturated rings. The Labute approximate surface area is 183 Å². The van der Waals surface area contributed by atoms with Gasteiger partial charge in [-0.2, -0.15) is 0 Å². The van der Waals surface area contributed by atoms with Crippen molar-refractivity contribution in [1.29, 1.82) is 0 Å². The molecule has 0 unspecified atom stereocenters. The highest BCUT2D eigenvalue weighted by molar-refractivity contribution is 6.03. The summed E-state index contributed by atoms with van der Waals surface area (Å²) in [7, 11) is 0. The SMILES string of the molecule is CC(=Cc1ccc(C(=O)Nc2nnn[nH]2)cc1)c1cc2c(cc1C)C(C)(C)CC2(C)C. The largest absolute Gasteiger partial charge is 0.289 e. The molecular formula is C25H29N5O. The van der Waals surface area contributed by atoms with Gasteiger partial charge in [-0.1, -0.05) is 63.1 Å². The Morgan fingerprint density at radius 1 is 1.06 bits per heavy atom. The highest BCUT2D eigenvalue weighted by atomic mass is 16.1. The molecule has 0 atom stereocenters. The molecule has 0 saturated heterocycles. The average molecular weight is 416 g/mol. The fraction of sp³-hybridized carbons (Fsp3) is 0.360. The van der Waals surface area contributed by atoms with Crippen molar-refractivity contribution in [3.8, 4) is 0 Å². The predicted octanol–water partition coefficient (Wildman–Crippen LogP) is 5.28. The summed E-state index contributed by atoms with van der Waals surface area (Å²) in [4.78, 5) is 12.3. The maximum Gasteiger partial charge on any atom is 0.258 e. The summed E-state index contributed by atoms with van der Waals surface area (Å²) in [5, 5.41) is 15.7. The number of carbonyl (C=O) groups is 1. The number of aryl methyl sites for hydroxylation is 1. The van der Waals surface area contributed by atoms with Gasteiger partial charge in [0.05, 0.1) is 0 Å². The van der Waals surface area contributed by atoms with E-state index in [9.17, 15) is 4.79 Å². The summed E-state index contributed by atoms with van der Waals surface area (Å²) in [6.07, 6.45) is 3.33. The van der Waals surface area contributed by atoms with Crippen LogP contribution in [0.5, 0.6) is 0 Å². The second kappa shape index (κ2) is 7.45. The van der Waals surface area contributed by atoms with Crippen LogP contribution in [0.15, 0.2) is 36.4 Å². The topological polar surface area (TPSA) is 83.6 Å². The molecule has 0 saturated carbocycles. The van der Waals surface area contributed by atoms with E-state index in [0.29, 0.717) is 5.56 Å². The number of hydrogen-bond acceptors (Lipinski definition) is 4. The minimum Gasteiger partial charge on any atom is -0.289 e. The molecule has 6 heteroatoms. The molecule has 1 amide bonds. The zero-order chi connectivity index (χ0) is 22.4. The monoisotopic (exact) mass is 415 g/mol. The second-order valence-electron chi connectivity index (χ2n) is 9.81. The predicted molar refractivity (Wildman–Crippen MR) is 124 cm³/mol. The summed E-state index contributed by atoms with van der Waals surface area (Å²) in [5.74, 6) is -0.0342. The van der Waals surface area contributed by atoms with Crippen molar-refractivity contribution < 1.29 is 4.79 Å². The number of rotatable bonds is 4. The molecule has 2 N–H and O–H groups in total. The van der Waals surface area contributed by atoms with Crippen molar-refractivity contribution >= 4 is 23.5 Å². The zero-order valence-corrected chi connectivity index (χ0v) is 19.0. The van der Waals surface area contributed by atoms with E-state index in [4.69, 9.17) is 0 Å². The Morgan fingerprint density at radius 2 is 1.71 bits per heavy atom. The van der Waals surface area contributed by atoms with Crippen LogP contribution in [0.3, 0.4) is 0 Å². The number of amides is 1. The molecule has 3 aromatic rings. The van der Waals surface area contributed by atoms with Crippen LogP contribution in [0.25, 0.3) is 11.6 Å². The number of benzene rings is 2. The van der Waals surface area contributed by atoms with Crippen molar-refractivity contribution in [1.82, 2.24) is 20.6 Å². The molecule has 31 heavy (non-hydrogen) atoms. The van der Waals surface area contributed by atoms with Crippen LogP contribution in [-0.2, 0) is 10.8 Å². The number of hydrogen-bond donors (Lipinski definition) is 2. The van der Waals surface area contributed by atoms with E-state index in [-0.39, 0.29) is 22.7 Å². The normalized spacial score (nSPS) is 16.8. The summed E-state index contributed by atoms with van der Waals surface area (Å²) in [6.45, 7) is 13.7. The first-order valence-corrected chi connectivity index (χ1v) is 10.6. The molecule has 6 nitrogen and oxygen atoms in total. The van der Waals surface area contributed by atoms with Gasteiger partial charge in [-0.05, 0) is 87.0 Å². The number of aromatic amines is 1. The van der Waals surface area contributed by atoms with E-state index in [1.54, 1.807) is 12.1 Å². The van der Waals surface area contributed by atoms with Gasteiger partial charge in [-0.15, -0.1) is 0 Å². The third-order valence-electron chi connectivity index (χ3n) is 6.26. The molecule has 160 valence electrons. The van der Waals surface area contributed by atoms with Crippen LogP contribution in [0.2, 0.25) is 0 Å². The first kappa shape index (κ1) is 21.0. The zero-order valence-electron chi connectivity index (χ0n) is 19.0. The lowest BCUT2D eigenvalue weighted by Gasteiger charge is -2.22. The van der Waals surface area contributed by atoms with Gasteiger partial charge in [0.1, 0.15) is 0 Å². The van der Waals surface area contributed by atoms with E-state index in [2.05, 4.69) is 85.7 Å². The van der Waals surface area contributed by atoms with Gasteiger partial charge in [0.2, 0.25) is 5.95 Å². The lowest BCUT2D eigenvalue weighted by molar-refractivity contribution is 0.102. The van der Waals surface area contributed by atoms with E-state index in [1.807, 2.05) is 12.1 Å². The van der Waals surface area contributed by atoms with Crippen LogP contribution in [-0.4, -0.2) is 26.5 Å². The van der Waals surface area contributed by atoms with Crippen molar-refractivity contribution in [3.63, 3.8) is 0 Å². The standard InChI is InChI=1S/C25H29N5O/c1-15(19-13-21-20(12-16(19)2)24(3,4)14-25(21,5)6)11-17-7-9-18(10-8-17)22(31)26-23-27-29-30-28-23/h7-13H,14H2,1-6H3,(H2,26,27,28,29,30,31). The van der Waals surface area contributed by atoms with Gasteiger partial charge in [-0.3, -0.25) is 10.1 Å². The van der Waals surface area contributed by atoms with Crippen LogP contribution in [0, 0.1) is 6.92 Å². The minimum atomic E-state index is -0.259. The summed E-state index contributed by atoms with van der Waals surface area (Å²) < 4.78 is 0. The van der Waals surface area contributed by atoms with Crippen LogP contribution in [0.1, 0.15) is 79.2 Å². The summed E-state index contributed by atoms with van der Waals surface area (Å²) in [5.41, 5.74) is 8.71. The van der Waals surface area contributed by atoms with Crippen molar-refractivity contribution in [2.75, 3.05) is 5.32 Å². The Bertz CT molecular complexity index is 1160. The number of fused-ring (bicyclic) bond motifs is 1. The van der Waals surface area contributed by atoms with Gasteiger partial charge in [0.15, 0.2) is 0 Å². The Morgan fingerprint density at radius 3 is 2.32 bits per heavy atom. The lowest BCUT2D eigenvalue weighted by Crippen LogP contribution is -2.17. The molecule has 0 aliphatic heterocycles. The Balaban J connectivity index is 1.59. The average Bonchev–Trinajstić information content (AvgIpc) is 3.25. The molecule has 1 aromatic heterocycles. The van der Waals surface area contributed by atoms with Gasteiger partial charge < -0.3 is 0 Å². The third-order valence-corrected chi connectivity index (χ3v) is 6.26. The van der Waals surface area contributed by atoms with Crippen LogP contribution >= 0.6 is 0 Å². The maximum atomic E-state index is 12.3. The first-order chi connectivity index (χ1) is 14.6. The number of aromatic nitrogens is 4. The number of anilines is 1. The molecule has 1 aliphatic carbocycles. The van der Waals surface area contributed by atoms with Crippen LogP contribution < -0.4 is 5.32 Å². The van der Waals surface area contributed by atoms with Gasteiger partial charge >= 0.3 is 0 Å².